The van der Waals surface area contributed by atoms with Gasteiger partial charge in [0.05, 0.1) is 12.5 Å². The fourth-order valence-corrected chi connectivity index (χ4v) is 2.30. The molecule has 0 radical (unpaired) electrons. The summed E-state index contributed by atoms with van der Waals surface area (Å²) in [6.45, 7) is 3.29. The zero-order chi connectivity index (χ0) is 13.2. The number of aryl methyl sites for hydroxylation is 1. The Labute approximate surface area is 111 Å². The van der Waals surface area contributed by atoms with Gasteiger partial charge in [0, 0.05) is 18.2 Å². The van der Waals surface area contributed by atoms with E-state index < -0.39 is 0 Å². The molecule has 1 aromatic heterocycles. The Morgan fingerprint density at radius 2 is 2.26 bits per heavy atom. The summed E-state index contributed by atoms with van der Waals surface area (Å²) in [6, 6.07) is 8.05. The average Bonchev–Trinajstić information content (AvgIpc) is 2.89. The topological polar surface area (TPSA) is 74.2 Å². The summed E-state index contributed by atoms with van der Waals surface area (Å²) >= 11 is 0. The molecule has 1 saturated heterocycles. The summed E-state index contributed by atoms with van der Waals surface area (Å²) in [4.78, 5) is 4.46. The molecule has 1 aliphatic rings. The minimum Gasteiger partial charge on any atom is -0.381 e. The van der Waals surface area contributed by atoms with Crippen LogP contribution in [0.1, 0.15) is 23.8 Å². The first kappa shape index (κ1) is 12.3. The van der Waals surface area contributed by atoms with Crippen molar-refractivity contribution in [2.45, 2.75) is 25.3 Å². The second-order valence-corrected chi connectivity index (χ2v) is 4.96. The Morgan fingerprint density at radius 1 is 1.37 bits per heavy atom. The van der Waals surface area contributed by atoms with Gasteiger partial charge in [-0.15, -0.1) is 0 Å². The van der Waals surface area contributed by atoms with Gasteiger partial charge in [0.25, 0.3) is 0 Å². The van der Waals surface area contributed by atoms with E-state index in [1.165, 1.54) is 5.56 Å². The molecule has 5 nitrogen and oxygen atoms in total. The highest BCUT2D eigenvalue weighted by Crippen LogP contribution is 2.25. The molecule has 2 aromatic rings. The number of rotatable bonds is 2. The van der Waals surface area contributed by atoms with Crippen LogP contribution in [0.2, 0.25) is 0 Å². The highest BCUT2D eigenvalue weighted by molar-refractivity contribution is 5.55. The number of aromatic nitrogens is 2. The van der Waals surface area contributed by atoms with Crippen LogP contribution in [0.4, 0.5) is 0 Å². The van der Waals surface area contributed by atoms with E-state index in [0.717, 1.165) is 12.0 Å². The summed E-state index contributed by atoms with van der Waals surface area (Å²) in [6.07, 6.45) is 0.826. The van der Waals surface area contributed by atoms with Gasteiger partial charge in [0.15, 0.2) is 0 Å². The van der Waals surface area contributed by atoms with E-state index in [4.69, 9.17) is 15.0 Å². The van der Waals surface area contributed by atoms with Gasteiger partial charge in [-0.2, -0.15) is 4.98 Å². The molecule has 0 bridgehead atoms. The van der Waals surface area contributed by atoms with Crippen molar-refractivity contribution >= 4 is 0 Å². The fraction of sp³-hybridized carbons (Fsp3) is 0.429. The van der Waals surface area contributed by atoms with Crippen LogP contribution in [-0.2, 0) is 4.74 Å². The zero-order valence-electron chi connectivity index (χ0n) is 10.9. The molecule has 100 valence electrons. The van der Waals surface area contributed by atoms with E-state index in [9.17, 15) is 0 Å². The van der Waals surface area contributed by atoms with Crippen molar-refractivity contribution in [1.29, 1.82) is 0 Å². The Kier molecular flexibility index (Phi) is 3.31. The summed E-state index contributed by atoms with van der Waals surface area (Å²) in [5, 5.41) is 4.04. The van der Waals surface area contributed by atoms with Crippen LogP contribution in [-0.4, -0.2) is 29.4 Å². The minimum atomic E-state index is -0.000177. The molecule has 0 aliphatic carbocycles. The lowest BCUT2D eigenvalue weighted by atomic mass is 9.97. The molecule has 2 N–H and O–H groups in total. The first-order valence-corrected chi connectivity index (χ1v) is 6.48. The molecule has 2 atom stereocenters. The first-order chi connectivity index (χ1) is 9.24. The predicted octanol–water partition coefficient (Wildman–Crippen LogP) is 1.88. The van der Waals surface area contributed by atoms with E-state index in [1.807, 2.05) is 31.2 Å². The number of hydrogen-bond donors (Lipinski definition) is 1. The molecular formula is C14H17N3O2. The molecule has 2 unspecified atom stereocenters. The molecular weight excluding hydrogens is 242 g/mol. The zero-order valence-corrected chi connectivity index (χ0v) is 10.9. The van der Waals surface area contributed by atoms with Gasteiger partial charge in [-0.25, -0.2) is 0 Å². The third kappa shape index (κ3) is 2.52. The summed E-state index contributed by atoms with van der Waals surface area (Å²) < 4.78 is 10.8. The number of benzene rings is 1. The maximum absolute atomic E-state index is 6.08. The van der Waals surface area contributed by atoms with Crippen LogP contribution in [0.5, 0.6) is 0 Å². The lowest BCUT2D eigenvalue weighted by molar-refractivity contribution is 0.0590. The van der Waals surface area contributed by atoms with Crippen molar-refractivity contribution in [2.75, 3.05) is 13.2 Å². The van der Waals surface area contributed by atoms with Gasteiger partial charge in [0.2, 0.25) is 11.7 Å². The van der Waals surface area contributed by atoms with Crippen molar-refractivity contribution in [3.63, 3.8) is 0 Å². The molecule has 0 saturated carbocycles. The predicted molar refractivity (Wildman–Crippen MR) is 70.6 cm³/mol. The standard InChI is InChI=1S/C14H17N3O2/c1-9-3-2-4-10(7-9)13-16-14(19-17-13)11-8-18-6-5-12(11)15/h2-4,7,11-12H,5-6,8,15H2,1H3. The third-order valence-electron chi connectivity index (χ3n) is 3.44. The van der Waals surface area contributed by atoms with Gasteiger partial charge < -0.3 is 15.0 Å². The Bertz CT molecular complexity index is 567. The van der Waals surface area contributed by atoms with E-state index in [2.05, 4.69) is 10.1 Å². The molecule has 3 rings (SSSR count). The van der Waals surface area contributed by atoms with Crippen molar-refractivity contribution in [1.82, 2.24) is 10.1 Å². The van der Waals surface area contributed by atoms with Gasteiger partial charge in [-0.05, 0) is 19.4 Å². The maximum Gasteiger partial charge on any atom is 0.233 e. The molecule has 1 fully saturated rings. The monoisotopic (exact) mass is 259 g/mol. The van der Waals surface area contributed by atoms with E-state index in [1.54, 1.807) is 0 Å². The average molecular weight is 259 g/mol. The Morgan fingerprint density at radius 3 is 3.05 bits per heavy atom. The van der Waals surface area contributed by atoms with Crippen LogP contribution >= 0.6 is 0 Å². The number of nitrogens with two attached hydrogens (primary N) is 1. The van der Waals surface area contributed by atoms with Gasteiger partial charge in [0.1, 0.15) is 0 Å². The summed E-state index contributed by atoms with van der Waals surface area (Å²) in [7, 11) is 0. The Balaban J connectivity index is 1.86. The van der Waals surface area contributed by atoms with Crippen LogP contribution in [0.15, 0.2) is 28.8 Å². The molecule has 19 heavy (non-hydrogen) atoms. The van der Waals surface area contributed by atoms with Crippen molar-refractivity contribution in [3.8, 4) is 11.4 Å². The normalized spacial score (nSPS) is 23.5. The number of nitrogens with zero attached hydrogens (tertiary/aromatic N) is 2. The van der Waals surface area contributed by atoms with Gasteiger partial charge in [-0.1, -0.05) is 28.9 Å². The highest BCUT2D eigenvalue weighted by Gasteiger charge is 2.29. The molecule has 1 aliphatic heterocycles. The Hall–Kier alpha value is -1.72. The molecule has 1 aromatic carbocycles. The lowest BCUT2D eigenvalue weighted by Crippen LogP contribution is -2.37. The molecule has 5 heteroatoms. The molecule has 0 spiro atoms. The molecule has 0 amide bonds. The van der Waals surface area contributed by atoms with Crippen molar-refractivity contribution in [2.24, 2.45) is 5.73 Å². The SMILES string of the molecule is Cc1cccc(-c2noc(C3COCCC3N)n2)c1. The van der Waals surface area contributed by atoms with E-state index >= 15 is 0 Å². The summed E-state index contributed by atoms with van der Waals surface area (Å²) in [5.41, 5.74) is 8.20. The maximum atomic E-state index is 6.08. The quantitative estimate of drug-likeness (QED) is 0.891. The van der Waals surface area contributed by atoms with Gasteiger partial charge in [-0.3, -0.25) is 0 Å². The smallest absolute Gasteiger partial charge is 0.233 e. The van der Waals surface area contributed by atoms with Crippen LogP contribution in [0.25, 0.3) is 11.4 Å². The van der Waals surface area contributed by atoms with E-state index in [0.29, 0.717) is 24.9 Å². The van der Waals surface area contributed by atoms with Crippen LogP contribution < -0.4 is 5.73 Å². The fourth-order valence-electron chi connectivity index (χ4n) is 2.30. The number of ether oxygens (including phenoxy) is 1. The van der Waals surface area contributed by atoms with E-state index in [-0.39, 0.29) is 12.0 Å². The lowest BCUT2D eigenvalue weighted by Gasteiger charge is -2.25. The minimum absolute atomic E-state index is 0.000177. The number of hydrogen-bond acceptors (Lipinski definition) is 5. The second-order valence-electron chi connectivity index (χ2n) is 4.96. The third-order valence-corrected chi connectivity index (χ3v) is 3.44. The second kappa shape index (κ2) is 5.11. The van der Waals surface area contributed by atoms with Gasteiger partial charge >= 0.3 is 0 Å². The van der Waals surface area contributed by atoms with Crippen molar-refractivity contribution < 1.29 is 9.26 Å². The largest absolute Gasteiger partial charge is 0.381 e. The van der Waals surface area contributed by atoms with Crippen molar-refractivity contribution in [3.05, 3.63) is 35.7 Å². The first-order valence-electron chi connectivity index (χ1n) is 6.48. The van der Waals surface area contributed by atoms with Crippen LogP contribution in [0.3, 0.4) is 0 Å². The summed E-state index contributed by atoms with van der Waals surface area (Å²) in [5.74, 6) is 1.18. The highest BCUT2D eigenvalue weighted by atomic mass is 16.5. The van der Waals surface area contributed by atoms with Crippen LogP contribution in [0, 0.1) is 6.92 Å². The molecule has 2 heterocycles.